The molecule has 96 valence electrons. The molecule has 0 spiro atoms. The van der Waals surface area contributed by atoms with E-state index in [0.29, 0.717) is 0 Å². The first-order valence-corrected chi connectivity index (χ1v) is 4.84. The fourth-order valence-corrected chi connectivity index (χ4v) is 1.12. The molecule has 1 heterocycles. The van der Waals surface area contributed by atoms with Crippen LogP contribution in [0.3, 0.4) is 0 Å². The molecule has 0 bridgehead atoms. The molecule has 2 N–H and O–H groups in total. The molecule has 0 fully saturated rings. The number of alkyl halides is 3. The van der Waals surface area contributed by atoms with Crippen LogP contribution in [0.4, 0.5) is 18.9 Å². The van der Waals surface area contributed by atoms with E-state index in [4.69, 9.17) is 17.3 Å². The zero-order valence-corrected chi connectivity index (χ0v) is 9.25. The van der Waals surface area contributed by atoms with Crippen molar-refractivity contribution in [3.63, 3.8) is 0 Å². The van der Waals surface area contributed by atoms with E-state index in [9.17, 15) is 18.0 Å². The van der Waals surface area contributed by atoms with Crippen molar-refractivity contribution in [2.24, 2.45) is 0 Å². The smallest absolute Gasteiger partial charge is 0.392 e. The second-order valence-electron chi connectivity index (χ2n) is 3.12. The molecular weight excluding hydrogens is 263 g/mol. The van der Waals surface area contributed by atoms with E-state index >= 15 is 0 Å². The topological polar surface area (TPSA) is 70.1 Å². The lowest BCUT2D eigenvalue weighted by Crippen LogP contribution is -2.26. The van der Waals surface area contributed by atoms with Crippen molar-refractivity contribution in [1.29, 1.82) is 0 Å². The van der Waals surface area contributed by atoms with Gasteiger partial charge in [0.2, 0.25) is 0 Å². The molecule has 0 aliphatic heterocycles. The van der Waals surface area contributed by atoms with Crippen LogP contribution in [-0.4, -0.2) is 28.9 Å². The number of anilines is 1. The number of nitrogen functional groups attached to an aromatic ring is 1. The number of rotatable bonds is 4. The summed E-state index contributed by atoms with van der Waals surface area (Å²) in [6.45, 7) is -1.72. The van der Waals surface area contributed by atoms with Crippen molar-refractivity contribution < 1.29 is 17.9 Å². The minimum atomic E-state index is -4.39. The largest absolute Gasteiger partial charge is 0.411 e. The van der Waals surface area contributed by atoms with Gasteiger partial charge in [-0.2, -0.15) is 13.2 Å². The Morgan fingerprint density at radius 1 is 1.53 bits per heavy atom. The van der Waals surface area contributed by atoms with Gasteiger partial charge in [-0.05, 0) is 0 Å². The number of hydrogen-bond donors (Lipinski definition) is 1. The Balaban J connectivity index is 2.54. The molecular formula is C8H9ClF3N3O2. The third-order valence-corrected chi connectivity index (χ3v) is 2.07. The maximum Gasteiger partial charge on any atom is 0.411 e. The highest BCUT2D eigenvalue weighted by atomic mass is 35.5. The second kappa shape index (κ2) is 5.37. The van der Waals surface area contributed by atoms with Crippen LogP contribution in [0.25, 0.3) is 0 Å². The molecule has 0 saturated carbocycles. The van der Waals surface area contributed by atoms with Crippen molar-refractivity contribution in [2.75, 3.05) is 18.9 Å². The Kier molecular flexibility index (Phi) is 4.35. The van der Waals surface area contributed by atoms with Gasteiger partial charge in [0.1, 0.15) is 12.3 Å². The number of nitrogens with zero attached hydrogens (tertiary/aromatic N) is 2. The fraction of sp³-hybridized carbons (Fsp3) is 0.500. The molecule has 5 nitrogen and oxygen atoms in total. The summed E-state index contributed by atoms with van der Waals surface area (Å²) in [6, 6.07) is 0. The van der Waals surface area contributed by atoms with E-state index in [0.717, 1.165) is 10.9 Å². The zero-order chi connectivity index (χ0) is 13.1. The van der Waals surface area contributed by atoms with Gasteiger partial charge in [-0.1, -0.05) is 11.6 Å². The molecule has 0 aliphatic rings. The molecule has 1 aromatic heterocycles. The SMILES string of the molecule is Nc1c(Cl)ncn(CCOCC(F)(F)F)c1=O. The summed E-state index contributed by atoms with van der Waals surface area (Å²) < 4.78 is 40.6. The predicted octanol–water partition coefficient (Wildman–Crippen LogP) is 1.06. The lowest BCUT2D eigenvalue weighted by molar-refractivity contribution is -0.174. The van der Waals surface area contributed by atoms with E-state index < -0.39 is 18.3 Å². The van der Waals surface area contributed by atoms with Gasteiger partial charge >= 0.3 is 6.18 Å². The molecule has 0 amide bonds. The zero-order valence-electron chi connectivity index (χ0n) is 8.50. The lowest BCUT2D eigenvalue weighted by atomic mass is 10.5. The van der Waals surface area contributed by atoms with Crippen LogP contribution in [0.15, 0.2) is 11.1 Å². The van der Waals surface area contributed by atoms with E-state index in [2.05, 4.69) is 9.72 Å². The van der Waals surface area contributed by atoms with Crippen LogP contribution in [-0.2, 0) is 11.3 Å². The maximum absolute atomic E-state index is 11.7. The highest BCUT2D eigenvalue weighted by Crippen LogP contribution is 2.14. The molecule has 1 rings (SSSR count). The number of halogens is 4. The lowest BCUT2D eigenvalue weighted by Gasteiger charge is -2.09. The van der Waals surface area contributed by atoms with Gasteiger partial charge in [-0.15, -0.1) is 0 Å². The molecule has 0 saturated heterocycles. The Morgan fingerprint density at radius 3 is 2.76 bits per heavy atom. The number of aromatic nitrogens is 2. The molecule has 17 heavy (non-hydrogen) atoms. The van der Waals surface area contributed by atoms with Crippen molar-refractivity contribution in [3.8, 4) is 0 Å². The van der Waals surface area contributed by atoms with E-state index in [-0.39, 0.29) is 24.0 Å². The summed E-state index contributed by atoms with van der Waals surface area (Å²) in [5.74, 6) is 0. The quantitative estimate of drug-likeness (QED) is 0.657. The first-order valence-electron chi connectivity index (χ1n) is 4.46. The summed E-state index contributed by atoms with van der Waals surface area (Å²) in [5.41, 5.74) is 4.45. The van der Waals surface area contributed by atoms with Crippen LogP contribution in [0.1, 0.15) is 0 Å². The monoisotopic (exact) mass is 271 g/mol. The Hall–Kier alpha value is -1.28. The Morgan fingerprint density at radius 2 is 2.18 bits per heavy atom. The van der Waals surface area contributed by atoms with Crippen LogP contribution in [0, 0.1) is 0 Å². The summed E-state index contributed by atoms with van der Waals surface area (Å²) in [4.78, 5) is 15.0. The predicted molar refractivity (Wildman–Crippen MR) is 54.8 cm³/mol. The summed E-state index contributed by atoms with van der Waals surface area (Å²) >= 11 is 5.48. The van der Waals surface area contributed by atoms with Gasteiger partial charge in [-0.25, -0.2) is 4.98 Å². The molecule has 9 heteroatoms. The summed E-state index contributed by atoms with van der Waals surface area (Å²) in [7, 11) is 0. The third-order valence-electron chi connectivity index (χ3n) is 1.77. The van der Waals surface area contributed by atoms with Crippen LogP contribution in [0.2, 0.25) is 5.15 Å². The van der Waals surface area contributed by atoms with Crippen molar-refractivity contribution in [2.45, 2.75) is 12.7 Å². The minimum absolute atomic E-state index is 0.0801. The van der Waals surface area contributed by atoms with Crippen LogP contribution < -0.4 is 11.3 Å². The molecule has 0 atom stereocenters. The van der Waals surface area contributed by atoms with Gasteiger partial charge in [-0.3, -0.25) is 9.36 Å². The average molecular weight is 272 g/mol. The Bertz CT molecular complexity index is 447. The standard InChI is InChI=1S/C8H9ClF3N3O2/c9-6-5(13)7(16)15(4-14-6)1-2-17-3-8(10,11)12/h4H,1-3,13H2. The van der Waals surface area contributed by atoms with Crippen molar-refractivity contribution >= 4 is 17.3 Å². The second-order valence-corrected chi connectivity index (χ2v) is 3.47. The highest BCUT2D eigenvalue weighted by molar-refractivity contribution is 6.31. The van der Waals surface area contributed by atoms with Gasteiger partial charge in [0.15, 0.2) is 5.15 Å². The molecule has 0 aromatic carbocycles. The molecule has 0 radical (unpaired) electrons. The van der Waals surface area contributed by atoms with Gasteiger partial charge in [0, 0.05) is 0 Å². The first-order chi connectivity index (χ1) is 7.81. The van der Waals surface area contributed by atoms with E-state index in [1.54, 1.807) is 0 Å². The Labute approximate surface area is 99.0 Å². The fourth-order valence-electron chi connectivity index (χ4n) is 0.995. The molecule has 0 unspecified atom stereocenters. The van der Waals surface area contributed by atoms with Gasteiger partial charge in [0.25, 0.3) is 5.56 Å². The van der Waals surface area contributed by atoms with Crippen molar-refractivity contribution in [1.82, 2.24) is 9.55 Å². The molecule has 0 aliphatic carbocycles. The first kappa shape index (κ1) is 13.8. The molecule has 1 aromatic rings. The van der Waals surface area contributed by atoms with Crippen LogP contribution >= 0.6 is 11.6 Å². The number of ether oxygens (including phenoxy) is 1. The third kappa shape index (κ3) is 4.23. The number of nitrogens with two attached hydrogens (primary N) is 1. The summed E-state index contributed by atoms with van der Waals surface area (Å²) in [6.07, 6.45) is -3.29. The van der Waals surface area contributed by atoms with Crippen molar-refractivity contribution in [3.05, 3.63) is 21.8 Å². The highest BCUT2D eigenvalue weighted by Gasteiger charge is 2.27. The number of hydrogen-bond acceptors (Lipinski definition) is 4. The maximum atomic E-state index is 11.7. The van der Waals surface area contributed by atoms with E-state index in [1.807, 2.05) is 0 Å². The van der Waals surface area contributed by atoms with Crippen LogP contribution in [0.5, 0.6) is 0 Å². The van der Waals surface area contributed by atoms with E-state index in [1.165, 1.54) is 0 Å². The van der Waals surface area contributed by atoms with Gasteiger partial charge in [0.05, 0.1) is 19.5 Å². The minimum Gasteiger partial charge on any atom is -0.392 e. The average Bonchev–Trinajstić information content (AvgIpc) is 2.22. The van der Waals surface area contributed by atoms with Gasteiger partial charge < -0.3 is 10.5 Å². The normalized spacial score (nSPS) is 11.8. The summed E-state index contributed by atoms with van der Waals surface area (Å²) in [5, 5.41) is -0.137.